The fourth-order valence-corrected chi connectivity index (χ4v) is 1.75. The summed E-state index contributed by atoms with van der Waals surface area (Å²) < 4.78 is 0. The van der Waals surface area contributed by atoms with E-state index in [1.54, 1.807) is 30.4 Å². The van der Waals surface area contributed by atoms with Crippen LogP contribution in [0.5, 0.6) is 5.75 Å². The average molecular weight is 190 g/mol. The third-order valence-corrected chi connectivity index (χ3v) is 2.44. The largest absolute Gasteiger partial charge is 0.508 e. The summed E-state index contributed by atoms with van der Waals surface area (Å²) in [5.41, 5.74) is 1.42. The highest BCUT2D eigenvalue weighted by atomic mass is 16.4. The van der Waals surface area contributed by atoms with Crippen LogP contribution in [0.25, 0.3) is 0 Å². The summed E-state index contributed by atoms with van der Waals surface area (Å²) in [6, 6.07) is 5.00. The van der Waals surface area contributed by atoms with Crippen LogP contribution in [-0.2, 0) is 11.2 Å². The lowest BCUT2D eigenvalue weighted by Crippen LogP contribution is -2.14. The van der Waals surface area contributed by atoms with Crippen LogP contribution in [0.3, 0.4) is 0 Å². The van der Waals surface area contributed by atoms with Gasteiger partial charge in [0.15, 0.2) is 0 Å². The fraction of sp³-hybridized carbons (Fsp3) is 0.182. The van der Waals surface area contributed by atoms with Gasteiger partial charge < -0.3 is 10.2 Å². The van der Waals surface area contributed by atoms with E-state index in [1.807, 2.05) is 0 Å². The van der Waals surface area contributed by atoms with Gasteiger partial charge in [0.1, 0.15) is 11.7 Å². The van der Waals surface area contributed by atoms with Crippen LogP contribution in [-0.4, -0.2) is 16.2 Å². The topological polar surface area (TPSA) is 57.5 Å². The standard InChI is InChI=1S/C11H10O3/c12-10-6-2-3-7-8(10)4-1-5-9(7)11(13)14/h1-3,5-6,9,12H,4H2,(H,13,14). The molecule has 2 N–H and O–H groups in total. The maximum absolute atomic E-state index is 10.9. The maximum Gasteiger partial charge on any atom is 0.314 e. The molecular formula is C11H10O3. The molecule has 0 amide bonds. The normalized spacial score (nSPS) is 19.0. The molecule has 0 aromatic heterocycles. The van der Waals surface area contributed by atoms with Gasteiger partial charge in [0.05, 0.1) is 0 Å². The van der Waals surface area contributed by atoms with Gasteiger partial charge in [-0.25, -0.2) is 0 Å². The number of hydrogen-bond donors (Lipinski definition) is 2. The van der Waals surface area contributed by atoms with Crippen LogP contribution in [0.2, 0.25) is 0 Å². The molecule has 72 valence electrons. The zero-order valence-electron chi connectivity index (χ0n) is 7.47. The Morgan fingerprint density at radius 1 is 1.43 bits per heavy atom. The van der Waals surface area contributed by atoms with Gasteiger partial charge in [0.25, 0.3) is 0 Å². The number of rotatable bonds is 1. The van der Waals surface area contributed by atoms with Crippen molar-refractivity contribution in [3.8, 4) is 5.75 Å². The highest BCUT2D eigenvalue weighted by molar-refractivity contribution is 5.80. The van der Waals surface area contributed by atoms with Crippen molar-refractivity contribution in [1.82, 2.24) is 0 Å². The number of aliphatic carboxylic acids is 1. The number of carbonyl (C=O) groups is 1. The van der Waals surface area contributed by atoms with Gasteiger partial charge in [-0.05, 0) is 18.1 Å². The first-order chi connectivity index (χ1) is 6.70. The van der Waals surface area contributed by atoms with Gasteiger partial charge in [0, 0.05) is 5.56 Å². The number of phenolic OH excluding ortho intramolecular Hbond substituents is 1. The Hall–Kier alpha value is -1.77. The van der Waals surface area contributed by atoms with Gasteiger partial charge >= 0.3 is 5.97 Å². The van der Waals surface area contributed by atoms with Gasteiger partial charge in [-0.15, -0.1) is 0 Å². The van der Waals surface area contributed by atoms with Crippen LogP contribution in [0.15, 0.2) is 30.4 Å². The van der Waals surface area contributed by atoms with E-state index in [1.165, 1.54) is 0 Å². The van der Waals surface area contributed by atoms with Crippen molar-refractivity contribution in [2.75, 3.05) is 0 Å². The van der Waals surface area contributed by atoms with Crippen LogP contribution >= 0.6 is 0 Å². The zero-order valence-corrected chi connectivity index (χ0v) is 7.47. The lowest BCUT2D eigenvalue weighted by atomic mass is 9.87. The lowest BCUT2D eigenvalue weighted by Gasteiger charge is -2.18. The van der Waals surface area contributed by atoms with E-state index < -0.39 is 11.9 Å². The Morgan fingerprint density at radius 3 is 2.93 bits per heavy atom. The summed E-state index contributed by atoms with van der Waals surface area (Å²) in [6.07, 6.45) is 4.04. The molecule has 0 radical (unpaired) electrons. The second kappa shape index (κ2) is 3.18. The van der Waals surface area contributed by atoms with E-state index >= 15 is 0 Å². The number of fused-ring (bicyclic) bond motifs is 1. The van der Waals surface area contributed by atoms with Crippen LogP contribution in [0, 0.1) is 0 Å². The monoisotopic (exact) mass is 190 g/mol. The molecule has 0 saturated heterocycles. The number of hydrogen-bond acceptors (Lipinski definition) is 2. The molecule has 1 aromatic rings. The molecule has 0 fully saturated rings. The van der Waals surface area contributed by atoms with Gasteiger partial charge in [0.2, 0.25) is 0 Å². The molecule has 1 aliphatic carbocycles. The zero-order chi connectivity index (χ0) is 10.1. The van der Waals surface area contributed by atoms with Crippen LogP contribution in [0.1, 0.15) is 17.0 Å². The van der Waals surface area contributed by atoms with Crippen molar-refractivity contribution in [3.63, 3.8) is 0 Å². The van der Waals surface area contributed by atoms with Gasteiger partial charge in [-0.3, -0.25) is 4.79 Å². The molecule has 1 aliphatic rings. The van der Waals surface area contributed by atoms with Crippen LogP contribution in [0.4, 0.5) is 0 Å². The predicted octanol–water partition coefficient (Wildman–Crippen LogP) is 1.67. The lowest BCUT2D eigenvalue weighted by molar-refractivity contribution is -0.137. The van der Waals surface area contributed by atoms with Gasteiger partial charge in [-0.2, -0.15) is 0 Å². The molecule has 3 heteroatoms. The quantitative estimate of drug-likeness (QED) is 0.662. The first-order valence-electron chi connectivity index (χ1n) is 4.40. The molecular weight excluding hydrogens is 180 g/mol. The van der Waals surface area contributed by atoms with E-state index in [0.717, 1.165) is 5.56 Å². The molecule has 0 spiro atoms. The van der Waals surface area contributed by atoms with E-state index in [9.17, 15) is 9.90 Å². The van der Waals surface area contributed by atoms with Gasteiger partial charge in [-0.1, -0.05) is 24.3 Å². The molecule has 0 heterocycles. The second-order valence-corrected chi connectivity index (χ2v) is 3.29. The molecule has 1 unspecified atom stereocenters. The van der Waals surface area contributed by atoms with E-state index in [-0.39, 0.29) is 5.75 Å². The van der Waals surface area contributed by atoms with Crippen molar-refractivity contribution >= 4 is 5.97 Å². The number of aromatic hydroxyl groups is 1. The third-order valence-electron chi connectivity index (χ3n) is 2.44. The fourth-order valence-electron chi connectivity index (χ4n) is 1.75. The third kappa shape index (κ3) is 1.27. The minimum atomic E-state index is -0.882. The molecule has 0 saturated carbocycles. The molecule has 3 nitrogen and oxygen atoms in total. The Morgan fingerprint density at radius 2 is 2.21 bits per heavy atom. The maximum atomic E-state index is 10.9. The highest BCUT2D eigenvalue weighted by Crippen LogP contribution is 2.32. The Balaban J connectivity index is 2.54. The SMILES string of the molecule is O=C(O)C1C=CCc2c(O)cccc21. The summed E-state index contributed by atoms with van der Waals surface area (Å²) in [5.74, 6) is -1.32. The Kier molecular flexibility index (Phi) is 2.00. The Bertz CT molecular complexity index is 407. The first-order valence-corrected chi connectivity index (χ1v) is 4.40. The number of allylic oxidation sites excluding steroid dienone is 1. The predicted molar refractivity (Wildman–Crippen MR) is 51.3 cm³/mol. The summed E-state index contributed by atoms with van der Waals surface area (Å²) in [7, 11) is 0. The van der Waals surface area contributed by atoms with Crippen molar-refractivity contribution < 1.29 is 15.0 Å². The first kappa shape index (κ1) is 8.81. The molecule has 14 heavy (non-hydrogen) atoms. The number of carboxylic acids is 1. The van der Waals surface area contributed by atoms with Crippen LogP contribution < -0.4 is 0 Å². The number of benzene rings is 1. The van der Waals surface area contributed by atoms with Crippen molar-refractivity contribution in [2.45, 2.75) is 12.3 Å². The summed E-state index contributed by atoms with van der Waals surface area (Å²) in [4.78, 5) is 10.9. The molecule has 0 aliphatic heterocycles. The molecule has 1 aromatic carbocycles. The van der Waals surface area contributed by atoms with E-state index in [0.29, 0.717) is 12.0 Å². The van der Waals surface area contributed by atoms with E-state index in [2.05, 4.69) is 0 Å². The average Bonchev–Trinajstić information content (AvgIpc) is 2.17. The summed E-state index contributed by atoms with van der Waals surface area (Å²) >= 11 is 0. The van der Waals surface area contributed by atoms with E-state index in [4.69, 9.17) is 5.11 Å². The summed E-state index contributed by atoms with van der Waals surface area (Å²) in [5, 5.41) is 18.5. The second-order valence-electron chi connectivity index (χ2n) is 3.29. The highest BCUT2D eigenvalue weighted by Gasteiger charge is 2.23. The Labute approximate surface area is 81.3 Å². The molecule has 1 atom stereocenters. The van der Waals surface area contributed by atoms with Crippen molar-refractivity contribution in [2.24, 2.45) is 0 Å². The smallest absolute Gasteiger partial charge is 0.314 e. The van der Waals surface area contributed by atoms with Crippen molar-refractivity contribution in [1.29, 1.82) is 0 Å². The minimum Gasteiger partial charge on any atom is -0.508 e. The number of phenols is 1. The minimum absolute atomic E-state index is 0.179. The summed E-state index contributed by atoms with van der Waals surface area (Å²) in [6.45, 7) is 0. The van der Waals surface area contributed by atoms with Crippen molar-refractivity contribution in [3.05, 3.63) is 41.5 Å². The number of carboxylic acid groups (broad SMARTS) is 1. The molecule has 2 rings (SSSR count). The molecule has 0 bridgehead atoms.